The molecular formula is C14H23N3O. The summed E-state index contributed by atoms with van der Waals surface area (Å²) in [7, 11) is 0. The number of nitrogens with zero attached hydrogens (tertiary/aromatic N) is 2. The molecule has 1 aromatic rings. The van der Waals surface area contributed by atoms with Gasteiger partial charge in [-0.05, 0) is 32.1 Å². The summed E-state index contributed by atoms with van der Waals surface area (Å²) in [6.45, 7) is 1.91. The molecule has 1 N–H and O–H groups in total. The van der Waals surface area contributed by atoms with E-state index in [4.69, 9.17) is 4.74 Å². The first-order valence-electron chi connectivity index (χ1n) is 7.32. The molecule has 1 aliphatic carbocycles. The lowest BCUT2D eigenvalue weighted by atomic mass is 10.2. The molecule has 1 saturated carbocycles. The van der Waals surface area contributed by atoms with Crippen LogP contribution in [0.3, 0.4) is 0 Å². The van der Waals surface area contributed by atoms with Gasteiger partial charge in [0.15, 0.2) is 0 Å². The molecule has 1 saturated heterocycles. The summed E-state index contributed by atoms with van der Waals surface area (Å²) < 4.78 is 7.96. The van der Waals surface area contributed by atoms with Crippen molar-refractivity contribution in [1.82, 2.24) is 9.55 Å². The molecule has 4 nitrogen and oxygen atoms in total. The summed E-state index contributed by atoms with van der Waals surface area (Å²) in [4.78, 5) is 4.44. The SMILES string of the molecule is c1cn(C2CCCC2)c(NCCC2CCCO2)n1. The second-order valence-corrected chi connectivity index (χ2v) is 5.45. The molecule has 100 valence electrons. The molecule has 0 amide bonds. The molecule has 0 spiro atoms. The van der Waals surface area contributed by atoms with E-state index in [2.05, 4.69) is 21.1 Å². The molecule has 1 atom stereocenters. The number of nitrogens with one attached hydrogen (secondary N) is 1. The zero-order valence-electron chi connectivity index (χ0n) is 11.0. The third-order valence-corrected chi connectivity index (χ3v) is 4.16. The van der Waals surface area contributed by atoms with E-state index in [9.17, 15) is 0 Å². The van der Waals surface area contributed by atoms with E-state index in [1.807, 2.05) is 6.20 Å². The Bertz CT molecular complexity index is 365. The Balaban J connectivity index is 1.51. The highest BCUT2D eigenvalue weighted by Gasteiger charge is 2.19. The van der Waals surface area contributed by atoms with Gasteiger partial charge in [0.05, 0.1) is 6.10 Å². The van der Waals surface area contributed by atoms with Gasteiger partial charge >= 0.3 is 0 Å². The summed E-state index contributed by atoms with van der Waals surface area (Å²) in [5.74, 6) is 1.04. The van der Waals surface area contributed by atoms with E-state index in [-0.39, 0.29) is 0 Å². The van der Waals surface area contributed by atoms with Gasteiger partial charge in [-0.1, -0.05) is 12.8 Å². The zero-order chi connectivity index (χ0) is 12.2. The number of imidazole rings is 1. The van der Waals surface area contributed by atoms with E-state index >= 15 is 0 Å². The second-order valence-electron chi connectivity index (χ2n) is 5.45. The van der Waals surface area contributed by atoms with E-state index in [1.165, 1.54) is 38.5 Å². The monoisotopic (exact) mass is 249 g/mol. The molecule has 0 radical (unpaired) electrons. The Labute approximate surface area is 109 Å². The highest BCUT2D eigenvalue weighted by Crippen LogP contribution is 2.31. The molecule has 2 aliphatic rings. The number of anilines is 1. The maximum Gasteiger partial charge on any atom is 0.203 e. The van der Waals surface area contributed by atoms with Crippen molar-refractivity contribution >= 4 is 5.95 Å². The minimum Gasteiger partial charge on any atom is -0.378 e. The Morgan fingerprint density at radius 3 is 2.94 bits per heavy atom. The van der Waals surface area contributed by atoms with Crippen molar-refractivity contribution in [2.24, 2.45) is 0 Å². The van der Waals surface area contributed by atoms with Crippen LogP contribution in [0.4, 0.5) is 5.95 Å². The van der Waals surface area contributed by atoms with Gasteiger partial charge in [0.25, 0.3) is 0 Å². The minimum atomic E-state index is 0.465. The summed E-state index contributed by atoms with van der Waals surface area (Å²) >= 11 is 0. The lowest BCUT2D eigenvalue weighted by Crippen LogP contribution is -2.16. The molecule has 1 aliphatic heterocycles. The fourth-order valence-electron chi connectivity index (χ4n) is 3.14. The third kappa shape index (κ3) is 2.69. The van der Waals surface area contributed by atoms with Crippen LogP contribution in [-0.4, -0.2) is 28.8 Å². The van der Waals surface area contributed by atoms with Gasteiger partial charge in [-0.25, -0.2) is 4.98 Å². The molecule has 0 aromatic carbocycles. The molecule has 2 fully saturated rings. The Morgan fingerprint density at radius 2 is 2.17 bits per heavy atom. The maximum absolute atomic E-state index is 5.64. The minimum absolute atomic E-state index is 0.465. The number of hydrogen-bond donors (Lipinski definition) is 1. The topological polar surface area (TPSA) is 39.1 Å². The predicted octanol–water partition coefficient (Wildman–Crippen LogP) is 2.98. The van der Waals surface area contributed by atoms with E-state index < -0.39 is 0 Å². The highest BCUT2D eigenvalue weighted by atomic mass is 16.5. The van der Waals surface area contributed by atoms with E-state index in [0.29, 0.717) is 12.1 Å². The summed E-state index contributed by atoms with van der Waals surface area (Å²) in [5.41, 5.74) is 0. The largest absolute Gasteiger partial charge is 0.378 e. The number of aromatic nitrogens is 2. The molecule has 3 rings (SSSR count). The van der Waals surface area contributed by atoms with Gasteiger partial charge in [-0.15, -0.1) is 0 Å². The average molecular weight is 249 g/mol. The van der Waals surface area contributed by atoms with Crippen molar-refractivity contribution in [2.75, 3.05) is 18.5 Å². The van der Waals surface area contributed by atoms with Crippen LogP contribution < -0.4 is 5.32 Å². The predicted molar refractivity (Wildman–Crippen MR) is 71.8 cm³/mol. The van der Waals surface area contributed by atoms with Crippen molar-refractivity contribution in [1.29, 1.82) is 0 Å². The summed E-state index contributed by atoms with van der Waals surface area (Å²) in [6, 6.07) is 0.665. The first-order chi connectivity index (χ1) is 8.93. The zero-order valence-corrected chi connectivity index (χ0v) is 11.0. The van der Waals surface area contributed by atoms with Crippen LogP contribution in [0.5, 0.6) is 0 Å². The van der Waals surface area contributed by atoms with Crippen LogP contribution in [-0.2, 0) is 4.74 Å². The summed E-state index contributed by atoms with van der Waals surface area (Å²) in [6.07, 6.45) is 13.4. The van der Waals surface area contributed by atoms with Crippen LogP contribution in [0, 0.1) is 0 Å². The van der Waals surface area contributed by atoms with Crippen molar-refractivity contribution in [2.45, 2.75) is 57.1 Å². The van der Waals surface area contributed by atoms with Crippen LogP contribution in [0.25, 0.3) is 0 Å². The molecule has 18 heavy (non-hydrogen) atoms. The Morgan fingerprint density at radius 1 is 1.28 bits per heavy atom. The van der Waals surface area contributed by atoms with Crippen LogP contribution in [0.2, 0.25) is 0 Å². The maximum atomic E-state index is 5.64. The molecule has 1 unspecified atom stereocenters. The van der Waals surface area contributed by atoms with Gasteiger partial charge in [-0.2, -0.15) is 0 Å². The molecule has 4 heteroatoms. The van der Waals surface area contributed by atoms with Gasteiger partial charge in [0, 0.05) is 31.6 Å². The molecule has 0 bridgehead atoms. The smallest absolute Gasteiger partial charge is 0.203 e. The fourth-order valence-corrected chi connectivity index (χ4v) is 3.14. The average Bonchev–Trinajstić information content (AvgIpc) is 3.12. The number of hydrogen-bond acceptors (Lipinski definition) is 3. The van der Waals surface area contributed by atoms with Gasteiger partial charge < -0.3 is 14.6 Å². The second kappa shape index (κ2) is 5.74. The highest BCUT2D eigenvalue weighted by molar-refractivity contribution is 5.26. The van der Waals surface area contributed by atoms with Crippen molar-refractivity contribution < 1.29 is 4.74 Å². The van der Waals surface area contributed by atoms with Crippen molar-refractivity contribution in [3.8, 4) is 0 Å². The van der Waals surface area contributed by atoms with E-state index in [0.717, 1.165) is 25.5 Å². The van der Waals surface area contributed by atoms with Crippen molar-refractivity contribution in [3.63, 3.8) is 0 Å². The van der Waals surface area contributed by atoms with Crippen LogP contribution in [0.1, 0.15) is 51.0 Å². The van der Waals surface area contributed by atoms with Crippen molar-refractivity contribution in [3.05, 3.63) is 12.4 Å². The van der Waals surface area contributed by atoms with Crippen LogP contribution >= 0.6 is 0 Å². The first kappa shape index (κ1) is 12.0. The Kier molecular flexibility index (Phi) is 3.84. The third-order valence-electron chi connectivity index (χ3n) is 4.16. The molecular weight excluding hydrogens is 226 g/mol. The van der Waals surface area contributed by atoms with Gasteiger partial charge in [-0.3, -0.25) is 0 Å². The number of ether oxygens (including phenoxy) is 1. The van der Waals surface area contributed by atoms with Gasteiger partial charge in [0.1, 0.15) is 0 Å². The molecule has 2 heterocycles. The molecule has 1 aromatic heterocycles. The number of rotatable bonds is 5. The normalized spacial score (nSPS) is 24.8. The quantitative estimate of drug-likeness (QED) is 0.872. The lowest BCUT2D eigenvalue weighted by Gasteiger charge is -2.16. The Hall–Kier alpha value is -1.03. The van der Waals surface area contributed by atoms with E-state index in [1.54, 1.807) is 0 Å². The first-order valence-corrected chi connectivity index (χ1v) is 7.32. The standard InChI is InChI=1S/C14H23N3O/c1-2-5-12(4-1)17-10-9-16-14(17)15-8-7-13-6-3-11-18-13/h9-10,12-13H,1-8,11H2,(H,15,16). The lowest BCUT2D eigenvalue weighted by molar-refractivity contribution is 0.107. The fraction of sp³-hybridized carbons (Fsp3) is 0.786. The van der Waals surface area contributed by atoms with Gasteiger partial charge in [0.2, 0.25) is 5.95 Å². The summed E-state index contributed by atoms with van der Waals surface area (Å²) in [5, 5.41) is 3.47. The van der Waals surface area contributed by atoms with Crippen LogP contribution in [0.15, 0.2) is 12.4 Å².